The predicted molar refractivity (Wildman–Crippen MR) is 89.5 cm³/mol. The fourth-order valence-corrected chi connectivity index (χ4v) is 3.76. The monoisotopic (exact) mass is 323 g/mol. The quantitative estimate of drug-likeness (QED) is 0.903. The highest BCUT2D eigenvalue weighted by Gasteiger charge is 2.28. The number of aromatic amines is 1. The normalized spacial score (nSPS) is 22.8. The summed E-state index contributed by atoms with van der Waals surface area (Å²) in [4.78, 5) is 4.70. The topological polar surface area (TPSA) is 86.6 Å². The number of hydrogen-bond acceptors (Lipinski definition) is 5. The van der Waals surface area contributed by atoms with Crippen LogP contribution in [0.5, 0.6) is 0 Å². The Balaban J connectivity index is 1.51. The SMILES string of the molecule is N#Cc1cc2c(nc1NC[C@@H]1CCCO[C@H]1c1cn[nH]c1)CCC2. The molecule has 0 radical (unpaired) electrons. The first-order valence-corrected chi connectivity index (χ1v) is 8.62. The van der Waals surface area contributed by atoms with Crippen LogP contribution in [0.15, 0.2) is 18.5 Å². The summed E-state index contributed by atoms with van der Waals surface area (Å²) in [5, 5.41) is 19.7. The van der Waals surface area contributed by atoms with E-state index >= 15 is 0 Å². The Morgan fingerprint density at radius 2 is 2.33 bits per heavy atom. The summed E-state index contributed by atoms with van der Waals surface area (Å²) in [5.41, 5.74) is 4.10. The van der Waals surface area contributed by atoms with Crippen LogP contribution < -0.4 is 5.32 Å². The molecule has 24 heavy (non-hydrogen) atoms. The number of aromatic nitrogens is 3. The Labute approximate surface area is 141 Å². The van der Waals surface area contributed by atoms with Gasteiger partial charge in [-0.3, -0.25) is 5.10 Å². The molecule has 0 bridgehead atoms. The van der Waals surface area contributed by atoms with Crippen LogP contribution in [0, 0.1) is 17.2 Å². The number of aryl methyl sites for hydroxylation is 2. The third-order valence-electron chi connectivity index (χ3n) is 5.00. The molecule has 2 atom stereocenters. The fraction of sp³-hybridized carbons (Fsp3) is 0.500. The van der Waals surface area contributed by atoms with Crippen molar-refractivity contribution in [3.8, 4) is 6.07 Å². The van der Waals surface area contributed by atoms with Crippen LogP contribution in [-0.2, 0) is 17.6 Å². The van der Waals surface area contributed by atoms with Gasteiger partial charge >= 0.3 is 0 Å². The largest absolute Gasteiger partial charge is 0.373 e. The molecule has 6 nitrogen and oxygen atoms in total. The first kappa shape index (κ1) is 15.2. The summed E-state index contributed by atoms with van der Waals surface area (Å²) in [7, 11) is 0. The lowest BCUT2D eigenvalue weighted by Crippen LogP contribution is -2.28. The van der Waals surface area contributed by atoms with Gasteiger partial charge in [0.25, 0.3) is 0 Å². The van der Waals surface area contributed by atoms with E-state index in [4.69, 9.17) is 9.72 Å². The Bertz CT molecular complexity index is 750. The third-order valence-corrected chi connectivity index (χ3v) is 5.00. The summed E-state index contributed by atoms with van der Waals surface area (Å²) < 4.78 is 5.97. The third kappa shape index (κ3) is 2.87. The minimum atomic E-state index is 0.0463. The lowest BCUT2D eigenvalue weighted by Gasteiger charge is -2.31. The summed E-state index contributed by atoms with van der Waals surface area (Å²) >= 11 is 0. The number of nitriles is 1. The van der Waals surface area contributed by atoms with Gasteiger partial charge in [0.1, 0.15) is 11.9 Å². The zero-order valence-corrected chi connectivity index (χ0v) is 13.6. The van der Waals surface area contributed by atoms with Crippen LogP contribution in [0.25, 0.3) is 0 Å². The van der Waals surface area contributed by atoms with Gasteiger partial charge < -0.3 is 10.1 Å². The maximum Gasteiger partial charge on any atom is 0.144 e. The number of rotatable bonds is 4. The molecule has 0 amide bonds. The number of nitrogens with one attached hydrogen (secondary N) is 2. The molecule has 0 saturated carbocycles. The molecule has 1 aliphatic carbocycles. The molecule has 2 aromatic heterocycles. The molecule has 2 aromatic rings. The maximum absolute atomic E-state index is 9.42. The van der Waals surface area contributed by atoms with E-state index in [1.54, 1.807) is 0 Å². The standard InChI is InChI=1S/C18H21N5O/c19-8-14-7-12-3-1-5-16(12)23-18(14)20-9-13-4-2-6-24-17(13)15-10-21-22-11-15/h7,10-11,13,17H,1-6,9H2,(H,20,23)(H,21,22)/t13-,17+/m0/s1. The maximum atomic E-state index is 9.42. The highest BCUT2D eigenvalue weighted by Crippen LogP contribution is 2.33. The molecule has 1 aliphatic heterocycles. The molecular formula is C18H21N5O. The van der Waals surface area contributed by atoms with E-state index in [-0.39, 0.29) is 6.10 Å². The van der Waals surface area contributed by atoms with Crippen molar-refractivity contribution in [3.05, 3.63) is 40.8 Å². The van der Waals surface area contributed by atoms with E-state index in [0.29, 0.717) is 11.5 Å². The zero-order chi connectivity index (χ0) is 16.4. The molecule has 124 valence electrons. The number of anilines is 1. The molecule has 1 saturated heterocycles. The number of ether oxygens (including phenoxy) is 1. The number of H-pyrrole nitrogens is 1. The van der Waals surface area contributed by atoms with E-state index in [9.17, 15) is 5.26 Å². The van der Waals surface area contributed by atoms with Crippen molar-refractivity contribution >= 4 is 5.82 Å². The van der Waals surface area contributed by atoms with E-state index in [2.05, 4.69) is 21.6 Å². The van der Waals surface area contributed by atoms with Crippen LogP contribution >= 0.6 is 0 Å². The van der Waals surface area contributed by atoms with E-state index < -0.39 is 0 Å². The molecule has 0 aromatic carbocycles. The number of fused-ring (bicyclic) bond motifs is 1. The van der Waals surface area contributed by atoms with Crippen LogP contribution in [-0.4, -0.2) is 28.3 Å². The van der Waals surface area contributed by atoms with Crippen molar-refractivity contribution in [2.24, 2.45) is 5.92 Å². The van der Waals surface area contributed by atoms with Gasteiger partial charge in [-0.1, -0.05) is 0 Å². The first-order valence-electron chi connectivity index (χ1n) is 8.62. The average molecular weight is 323 g/mol. The molecule has 1 fully saturated rings. The van der Waals surface area contributed by atoms with E-state index in [0.717, 1.165) is 62.3 Å². The average Bonchev–Trinajstić information content (AvgIpc) is 3.30. The molecule has 4 rings (SSSR count). The fourth-order valence-electron chi connectivity index (χ4n) is 3.76. The molecule has 2 aliphatic rings. The molecular weight excluding hydrogens is 302 g/mol. The molecule has 6 heteroatoms. The predicted octanol–water partition coefficient (Wildman–Crippen LogP) is 2.74. The molecule has 0 unspecified atom stereocenters. The van der Waals surface area contributed by atoms with Gasteiger partial charge in [-0.05, 0) is 43.7 Å². The van der Waals surface area contributed by atoms with Gasteiger partial charge in [0.15, 0.2) is 0 Å². The lowest BCUT2D eigenvalue weighted by molar-refractivity contribution is -0.0238. The smallest absolute Gasteiger partial charge is 0.144 e. The summed E-state index contributed by atoms with van der Waals surface area (Å²) in [5.74, 6) is 1.06. The number of hydrogen-bond donors (Lipinski definition) is 2. The van der Waals surface area contributed by atoms with Gasteiger partial charge in [-0.15, -0.1) is 0 Å². The Morgan fingerprint density at radius 1 is 1.38 bits per heavy atom. The van der Waals surface area contributed by atoms with Crippen molar-refractivity contribution in [3.63, 3.8) is 0 Å². The second kappa shape index (κ2) is 6.62. The minimum absolute atomic E-state index is 0.0463. The second-order valence-corrected chi connectivity index (χ2v) is 6.56. The number of nitrogens with zero attached hydrogens (tertiary/aromatic N) is 3. The van der Waals surface area contributed by atoms with Gasteiger partial charge in [-0.25, -0.2) is 4.98 Å². The van der Waals surface area contributed by atoms with E-state index in [1.165, 1.54) is 5.56 Å². The van der Waals surface area contributed by atoms with Crippen molar-refractivity contribution < 1.29 is 4.74 Å². The molecule has 2 N–H and O–H groups in total. The van der Waals surface area contributed by atoms with Crippen LogP contribution in [0.2, 0.25) is 0 Å². The Kier molecular flexibility index (Phi) is 4.18. The van der Waals surface area contributed by atoms with E-state index in [1.807, 2.05) is 18.5 Å². The van der Waals surface area contributed by atoms with Crippen LogP contribution in [0.4, 0.5) is 5.82 Å². The minimum Gasteiger partial charge on any atom is -0.373 e. The van der Waals surface area contributed by atoms with Gasteiger partial charge in [0, 0.05) is 36.5 Å². The molecule has 3 heterocycles. The summed E-state index contributed by atoms with van der Waals surface area (Å²) in [6, 6.07) is 4.28. The first-order chi connectivity index (χ1) is 11.8. The molecule has 0 spiro atoms. The van der Waals surface area contributed by atoms with Crippen LogP contribution in [0.3, 0.4) is 0 Å². The van der Waals surface area contributed by atoms with Crippen molar-refractivity contribution in [1.82, 2.24) is 15.2 Å². The lowest BCUT2D eigenvalue weighted by atomic mass is 9.91. The van der Waals surface area contributed by atoms with Gasteiger partial charge in [-0.2, -0.15) is 10.4 Å². The van der Waals surface area contributed by atoms with Crippen molar-refractivity contribution in [2.45, 2.75) is 38.2 Å². The highest BCUT2D eigenvalue weighted by atomic mass is 16.5. The van der Waals surface area contributed by atoms with Crippen molar-refractivity contribution in [2.75, 3.05) is 18.5 Å². The van der Waals surface area contributed by atoms with Crippen molar-refractivity contribution in [1.29, 1.82) is 5.26 Å². The van der Waals surface area contributed by atoms with Crippen LogP contribution in [0.1, 0.15) is 47.8 Å². The second-order valence-electron chi connectivity index (χ2n) is 6.56. The van der Waals surface area contributed by atoms with Gasteiger partial charge in [0.2, 0.25) is 0 Å². The Hall–Kier alpha value is -2.39. The summed E-state index contributed by atoms with van der Waals surface area (Å²) in [6.07, 6.45) is 9.12. The van der Waals surface area contributed by atoms with Gasteiger partial charge in [0.05, 0.1) is 17.9 Å². The number of pyridine rings is 1. The Morgan fingerprint density at radius 3 is 3.17 bits per heavy atom. The highest BCUT2D eigenvalue weighted by molar-refractivity contribution is 5.55. The summed E-state index contributed by atoms with van der Waals surface area (Å²) in [6.45, 7) is 1.53. The zero-order valence-electron chi connectivity index (χ0n) is 13.6.